The average Bonchev–Trinajstić information content (AvgIpc) is 2.68. The number of anilines is 2. The fourth-order valence-electron chi connectivity index (χ4n) is 2.86. The van der Waals surface area contributed by atoms with E-state index in [1.165, 1.54) is 12.1 Å². The summed E-state index contributed by atoms with van der Waals surface area (Å²) in [7, 11) is 0. The van der Waals surface area contributed by atoms with Gasteiger partial charge in [0, 0.05) is 17.4 Å². The molecule has 1 atom stereocenters. The van der Waals surface area contributed by atoms with Gasteiger partial charge in [0.15, 0.2) is 11.2 Å². The van der Waals surface area contributed by atoms with Crippen molar-refractivity contribution in [1.82, 2.24) is 4.98 Å². The van der Waals surface area contributed by atoms with E-state index in [1.807, 2.05) is 6.07 Å². The number of nitrogens with two attached hydrogens (primary N) is 2. The van der Waals surface area contributed by atoms with Crippen LogP contribution in [0.3, 0.4) is 0 Å². The maximum absolute atomic E-state index is 14.4. The van der Waals surface area contributed by atoms with Crippen LogP contribution in [0.25, 0.3) is 0 Å². The van der Waals surface area contributed by atoms with Gasteiger partial charge in [0.25, 0.3) is 12.3 Å². The van der Waals surface area contributed by atoms with Crippen LogP contribution in [0.5, 0.6) is 0 Å². The van der Waals surface area contributed by atoms with Crippen molar-refractivity contribution >= 4 is 23.1 Å². The van der Waals surface area contributed by atoms with Gasteiger partial charge < -0.3 is 21.5 Å². The summed E-state index contributed by atoms with van der Waals surface area (Å²) in [5, 5.41) is 11.2. The summed E-state index contributed by atoms with van der Waals surface area (Å²) in [5.74, 6) is -1.92. The maximum atomic E-state index is 14.4. The predicted octanol–water partition coefficient (Wildman–Crippen LogP) is 1.77. The summed E-state index contributed by atoms with van der Waals surface area (Å²) >= 11 is 0. The molecule has 0 aliphatic carbocycles. The third kappa shape index (κ3) is 3.83. The van der Waals surface area contributed by atoms with Gasteiger partial charge in [-0.15, -0.1) is 0 Å². The zero-order valence-corrected chi connectivity index (χ0v) is 14.8. The molecule has 1 aromatic heterocycles. The van der Waals surface area contributed by atoms with Crippen molar-refractivity contribution in [3.8, 4) is 6.07 Å². The molecule has 0 saturated carbocycles. The lowest BCUT2D eigenvalue weighted by molar-refractivity contribution is -0.0145. The van der Waals surface area contributed by atoms with E-state index in [-0.39, 0.29) is 35.1 Å². The van der Waals surface area contributed by atoms with Gasteiger partial charge in [0.05, 0.1) is 17.9 Å². The first kappa shape index (κ1) is 20.1. The molecule has 29 heavy (non-hydrogen) atoms. The van der Waals surface area contributed by atoms with E-state index in [4.69, 9.17) is 21.5 Å². The molecular weight excluding hydrogens is 389 g/mol. The van der Waals surface area contributed by atoms with Crippen LogP contribution in [-0.4, -0.2) is 36.4 Å². The van der Waals surface area contributed by atoms with Gasteiger partial charge in [-0.2, -0.15) is 5.26 Å². The van der Waals surface area contributed by atoms with Crippen LogP contribution in [0.15, 0.2) is 35.5 Å². The molecule has 2 heterocycles. The molecule has 0 saturated heterocycles. The van der Waals surface area contributed by atoms with Crippen molar-refractivity contribution in [2.24, 2.45) is 10.7 Å². The molecule has 0 radical (unpaired) electrons. The molecule has 1 aliphatic heterocycles. The van der Waals surface area contributed by atoms with Crippen LogP contribution in [0, 0.1) is 17.1 Å². The number of alkyl halides is 2. The number of hydrogen-bond acceptors (Lipinski definition) is 7. The SMILES string of the molecule is N#Cc1cnc(C(=O)Nc2ccc(F)c([C@]3(C(F)F)COCC(N)=N3)c2)c(N)c1. The van der Waals surface area contributed by atoms with E-state index in [2.05, 4.69) is 15.3 Å². The Morgan fingerprint density at radius 1 is 1.34 bits per heavy atom. The van der Waals surface area contributed by atoms with Crippen molar-refractivity contribution in [2.75, 3.05) is 24.3 Å². The Kier molecular flexibility index (Phi) is 5.38. The lowest BCUT2D eigenvalue weighted by Gasteiger charge is -2.33. The number of amides is 1. The van der Waals surface area contributed by atoms with E-state index in [1.54, 1.807) is 0 Å². The monoisotopic (exact) mass is 404 g/mol. The number of nitrogens with zero attached hydrogens (tertiary/aromatic N) is 3. The molecule has 1 aromatic carbocycles. The number of nitrogen functional groups attached to an aromatic ring is 1. The smallest absolute Gasteiger partial charge is 0.276 e. The molecule has 3 rings (SSSR count). The number of ether oxygens (including phenoxy) is 1. The zero-order chi connectivity index (χ0) is 21.2. The van der Waals surface area contributed by atoms with Crippen molar-refractivity contribution in [1.29, 1.82) is 5.26 Å². The molecule has 0 spiro atoms. The van der Waals surface area contributed by atoms with Gasteiger partial charge in [0.1, 0.15) is 24.3 Å². The third-order valence-electron chi connectivity index (χ3n) is 4.23. The first-order valence-corrected chi connectivity index (χ1v) is 8.24. The largest absolute Gasteiger partial charge is 0.397 e. The molecule has 150 valence electrons. The molecule has 0 fully saturated rings. The highest BCUT2D eigenvalue weighted by Gasteiger charge is 2.46. The van der Waals surface area contributed by atoms with Crippen LogP contribution in [0.1, 0.15) is 21.6 Å². The topological polar surface area (TPSA) is 139 Å². The number of nitriles is 1. The summed E-state index contributed by atoms with van der Waals surface area (Å²) < 4.78 is 47.2. The molecule has 0 unspecified atom stereocenters. The Balaban J connectivity index is 1.96. The van der Waals surface area contributed by atoms with Crippen molar-refractivity contribution < 1.29 is 22.7 Å². The number of pyridine rings is 1. The number of carbonyl (C=O) groups is 1. The van der Waals surface area contributed by atoms with Crippen LogP contribution in [0.2, 0.25) is 0 Å². The van der Waals surface area contributed by atoms with Gasteiger partial charge in [0.2, 0.25) is 0 Å². The first-order chi connectivity index (χ1) is 13.8. The minimum atomic E-state index is -3.11. The van der Waals surface area contributed by atoms with E-state index in [0.717, 1.165) is 18.3 Å². The molecule has 11 heteroatoms. The van der Waals surface area contributed by atoms with Gasteiger partial charge in [-0.25, -0.2) is 18.2 Å². The summed E-state index contributed by atoms with van der Waals surface area (Å²) in [5.41, 5.74) is 8.37. The second-order valence-electron chi connectivity index (χ2n) is 6.24. The number of halogens is 3. The second kappa shape index (κ2) is 7.76. The molecule has 1 amide bonds. The van der Waals surface area contributed by atoms with Crippen molar-refractivity contribution in [2.45, 2.75) is 12.0 Å². The molecule has 5 N–H and O–H groups in total. The Morgan fingerprint density at radius 3 is 2.72 bits per heavy atom. The summed E-state index contributed by atoms with van der Waals surface area (Å²) in [4.78, 5) is 20.0. The van der Waals surface area contributed by atoms with Crippen LogP contribution in [-0.2, 0) is 10.3 Å². The maximum Gasteiger partial charge on any atom is 0.276 e. The third-order valence-corrected chi connectivity index (χ3v) is 4.23. The van der Waals surface area contributed by atoms with Gasteiger partial charge in [-0.1, -0.05) is 0 Å². The molecule has 0 bridgehead atoms. The van der Waals surface area contributed by atoms with E-state index >= 15 is 0 Å². The number of rotatable bonds is 4. The normalized spacial score (nSPS) is 18.8. The van der Waals surface area contributed by atoms with E-state index < -0.39 is 35.9 Å². The lowest BCUT2D eigenvalue weighted by atomic mass is 9.90. The summed E-state index contributed by atoms with van der Waals surface area (Å²) in [6.07, 6.45) is -1.96. The standard InChI is InChI=1S/C18H15F3N6O2/c19-12-2-1-10(26-16(28)15-13(23)3-9(5-22)6-25-15)4-11(12)18(17(20)21)8-29-7-14(24)27-18/h1-4,6,17H,7-8,23H2,(H2,24,27)(H,26,28)/t18-/m0/s1. The molecule has 1 aliphatic rings. The Hall–Kier alpha value is -3.65. The second-order valence-corrected chi connectivity index (χ2v) is 6.24. The van der Waals surface area contributed by atoms with Crippen molar-refractivity contribution in [3.63, 3.8) is 0 Å². The van der Waals surface area contributed by atoms with Crippen molar-refractivity contribution in [3.05, 3.63) is 53.1 Å². The molecular formula is C18H15F3N6O2. The van der Waals surface area contributed by atoms with Crippen LogP contribution < -0.4 is 16.8 Å². The van der Waals surface area contributed by atoms with Gasteiger partial charge >= 0.3 is 0 Å². The summed E-state index contributed by atoms with van der Waals surface area (Å²) in [6, 6.07) is 6.24. The number of nitrogens with one attached hydrogen (secondary N) is 1. The minimum Gasteiger partial charge on any atom is -0.397 e. The number of hydrogen-bond donors (Lipinski definition) is 3. The first-order valence-electron chi connectivity index (χ1n) is 8.24. The Bertz CT molecular complexity index is 1040. The van der Waals surface area contributed by atoms with E-state index in [9.17, 15) is 18.0 Å². The molecule has 2 aromatic rings. The minimum absolute atomic E-state index is 0.0105. The number of aliphatic imine (C=N–C) groups is 1. The number of benzene rings is 1. The van der Waals surface area contributed by atoms with Crippen LogP contribution >= 0.6 is 0 Å². The summed E-state index contributed by atoms with van der Waals surface area (Å²) in [6.45, 7) is -0.722. The van der Waals surface area contributed by atoms with Gasteiger partial charge in [-0.3, -0.25) is 9.79 Å². The highest BCUT2D eigenvalue weighted by atomic mass is 19.3. The lowest BCUT2D eigenvalue weighted by Crippen LogP contribution is -2.45. The number of carbonyl (C=O) groups excluding carboxylic acids is 1. The highest BCUT2D eigenvalue weighted by Crippen LogP contribution is 2.38. The number of aromatic nitrogens is 1. The predicted molar refractivity (Wildman–Crippen MR) is 97.8 cm³/mol. The quantitative estimate of drug-likeness (QED) is 0.710. The molecule has 8 nitrogen and oxygen atoms in total. The van der Waals surface area contributed by atoms with Crippen LogP contribution in [0.4, 0.5) is 24.5 Å². The average molecular weight is 404 g/mol. The van der Waals surface area contributed by atoms with Gasteiger partial charge in [-0.05, 0) is 24.3 Å². The fraction of sp³-hybridized carbons (Fsp3) is 0.222. The highest BCUT2D eigenvalue weighted by molar-refractivity contribution is 6.06. The Labute approximate surface area is 163 Å². The fourth-order valence-corrected chi connectivity index (χ4v) is 2.86. The zero-order valence-electron chi connectivity index (χ0n) is 14.8. The van der Waals surface area contributed by atoms with E-state index in [0.29, 0.717) is 0 Å². The number of amidine groups is 1. The Morgan fingerprint density at radius 2 is 2.10 bits per heavy atom.